The zero-order valence-corrected chi connectivity index (χ0v) is 12.0. The molecule has 1 saturated heterocycles. The largest absolute Gasteiger partial charge is 0.489 e. The quantitative estimate of drug-likeness (QED) is 0.862. The summed E-state index contributed by atoms with van der Waals surface area (Å²) in [5.74, 6) is 0.940. The maximum atomic E-state index is 6.15. The van der Waals surface area contributed by atoms with Crippen molar-refractivity contribution in [2.45, 2.75) is 19.1 Å². The Kier molecular flexibility index (Phi) is 4.19. The normalized spacial score (nSPS) is 19.1. The van der Waals surface area contributed by atoms with E-state index in [1.807, 2.05) is 42.5 Å². The lowest BCUT2D eigenvalue weighted by atomic mass is 10.3. The Labute approximate surface area is 124 Å². The van der Waals surface area contributed by atoms with Crippen LogP contribution in [-0.2, 0) is 6.54 Å². The Morgan fingerprint density at radius 2 is 2.05 bits per heavy atom. The molecule has 0 radical (unpaired) electrons. The molecule has 1 atom stereocenters. The van der Waals surface area contributed by atoms with Crippen molar-refractivity contribution in [3.05, 3.63) is 59.4 Å². The number of rotatable bonds is 4. The number of pyridine rings is 1. The van der Waals surface area contributed by atoms with E-state index in [1.54, 1.807) is 6.20 Å². The first-order valence-electron chi connectivity index (χ1n) is 6.85. The second-order valence-electron chi connectivity index (χ2n) is 5.01. The lowest BCUT2D eigenvalue weighted by molar-refractivity contribution is 0.198. The van der Waals surface area contributed by atoms with E-state index in [1.165, 1.54) is 0 Å². The smallest absolute Gasteiger partial charge is 0.119 e. The highest BCUT2D eigenvalue weighted by atomic mass is 35.5. The third-order valence-electron chi connectivity index (χ3n) is 3.48. The second kappa shape index (κ2) is 6.25. The van der Waals surface area contributed by atoms with Crippen LogP contribution in [-0.4, -0.2) is 29.1 Å². The number of hydrogen-bond donors (Lipinski definition) is 0. The van der Waals surface area contributed by atoms with E-state index in [2.05, 4.69) is 9.88 Å². The zero-order valence-electron chi connectivity index (χ0n) is 11.2. The molecule has 0 saturated carbocycles. The fraction of sp³-hybridized carbons (Fsp3) is 0.312. The summed E-state index contributed by atoms with van der Waals surface area (Å²) in [6.07, 6.45) is 3.08. The van der Waals surface area contributed by atoms with E-state index in [0.29, 0.717) is 0 Å². The summed E-state index contributed by atoms with van der Waals surface area (Å²) in [6, 6.07) is 13.7. The van der Waals surface area contributed by atoms with Crippen LogP contribution < -0.4 is 4.74 Å². The predicted octanol–water partition coefficient (Wildman–Crippen LogP) is 3.39. The molecule has 0 unspecified atom stereocenters. The van der Waals surface area contributed by atoms with E-state index >= 15 is 0 Å². The monoisotopic (exact) mass is 288 g/mol. The molecule has 1 fully saturated rings. The molecule has 20 heavy (non-hydrogen) atoms. The van der Waals surface area contributed by atoms with Crippen molar-refractivity contribution in [3.63, 3.8) is 0 Å². The Morgan fingerprint density at radius 1 is 1.20 bits per heavy atom. The predicted molar refractivity (Wildman–Crippen MR) is 80.0 cm³/mol. The number of ether oxygens (including phenoxy) is 1. The molecule has 4 heteroatoms. The van der Waals surface area contributed by atoms with Gasteiger partial charge in [-0.3, -0.25) is 9.88 Å². The molecule has 1 aromatic heterocycles. The fourth-order valence-electron chi connectivity index (χ4n) is 2.47. The topological polar surface area (TPSA) is 25.4 Å². The first-order valence-corrected chi connectivity index (χ1v) is 7.22. The van der Waals surface area contributed by atoms with Gasteiger partial charge in [0.1, 0.15) is 11.9 Å². The van der Waals surface area contributed by atoms with Crippen LogP contribution in [0.15, 0.2) is 48.7 Å². The first kappa shape index (κ1) is 13.4. The fourth-order valence-corrected chi connectivity index (χ4v) is 2.66. The molecule has 0 N–H and O–H groups in total. The Bertz CT molecular complexity index is 561. The minimum atomic E-state index is 0.250. The molecule has 0 aliphatic carbocycles. The second-order valence-corrected chi connectivity index (χ2v) is 5.42. The van der Waals surface area contributed by atoms with Gasteiger partial charge in [-0.15, -0.1) is 0 Å². The van der Waals surface area contributed by atoms with E-state index in [-0.39, 0.29) is 6.10 Å². The molecule has 0 amide bonds. The van der Waals surface area contributed by atoms with Crippen LogP contribution in [0.3, 0.4) is 0 Å². The maximum Gasteiger partial charge on any atom is 0.119 e. The minimum absolute atomic E-state index is 0.250. The summed E-state index contributed by atoms with van der Waals surface area (Å²) in [5, 5.41) is 0.736. The van der Waals surface area contributed by atoms with Crippen LogP contribution in [0, 0.1) is 0 Å². The average Bonchev–Trinajstić information content (AvgIpc) is 2.90. The van der Waals surface area contributed by atoms with Gasteiger partial charge >= 0.3 is 0 Å². The number of para-hydroxylation sites is 1. The number of likely N-dealkylation sites (tertiary alicyclic amines) is 1. The van der Waals surface area contributed by atoms with Gasteiger partial charge in [-0.05, 0) is 30.7 Å². The summed E-state index contributed by atoms with van der Waals surface area (Å²) in [6.45, 7) is 2.72. The highest BCUT2D eigenvalue weighted by Gasteiger charge is 2.24. The molecule has 2 heterocycles. The number of hydrogen-bond acceptors (Lipinski definition) is 3. The van der Waals surface area contributed by atoms with Gasteiger partial charge in [0, 0.05) is 25.8 Å². The van der Waals surface area contributed by atoms with Gasteiger partial charge in [0.05, 0.1) is 10.7 Å². The molecular weight excluding hydrogens is 272 g/mol. The van der Waals surface area contributed by atoms with Crippen molar-refractivity contribution in [1.29, 1.82) is 0 Å². The summed E-state index contributed by atoms with van der Waals surface area (Å²) in [4.78, 5) is 6.67. The molecular formula is C16H17ClN2O. The van der Waals surface area contributed by atoms with Gasteiger partial charge < -0.3 is 4.74 Å². The summed E-state index contributed by atoms with van der Waals surface area (Å²) < 4.78 is 5.98. The Morgan fingerprint density at radius 3 is 2.85 bits per heavy atom. The molecule has 104 valence electrons. The van der Waals surface area contributed by atoms with Gasteiger partial charge in [0.25, 0.3) is 0 Å². The SMILES string of the molecule is Clc1cccnc1CN1CC[C@@H](Oc2ccccc2)C1. The van der Waals surface area contributed by atoms with Crippen LogP contribution >= 0.6 is 11.6 Å². The van der Waals surface area contributed by atoms with Crippen molar-refractivity contribution in [2.75, 3.05) is 13.1 Å². The van der Waals surface area contributed by atoms with Crippen LogP contribution in [0.1, 0.15) is 12.1 Å². The van der Waals surface area contributed by atoms with Crippen molar-refractivity contribution < 1.29 is 4.74 Å². The molecule has 1 aliphatic heterocycles. The summed E-state index contributed by atoms with van der Waals surface area (Å²) in [7, 11) is 0. The Balaban J connectivity index is 1.56. The summed E-state index contributed by atoms with van der Waals surface area (Å²) in [5.41, 5.74) is 0.939. The average molecular weight is 289 g/mol. The van der Waals surface area contributed by atoms with Crippen molar-refractivity contribution in [2.24, 2.45) is 0 Å². The van der Waals surface area contributed by atoms with E-state index in [9.17, 15) is 0 Å². The highest BCUT2D eigenvalue weighted by molar-refractivity contribution is 6.31. The molecule has 3 nitrogen and oxygen atoms in total. The molecule has 1 aromatic carbocycles. The van der Waals surface area contributed by atoms with Gasteiger partial charge in [-0.1, -0.05) is 29.8 Å². The third kappa shape index (κ3) is 3.30. The summed E-state index contributed by atoms with van der Waals surface area (Å²) >= 11 is 6.15. The van der Waals surface area contributed by atoms with Crippen LogP contribution in [0.25, 0.3) is 0 Å². The van der Waals surface area contributed by atoms with Crippen LogP contribution in [0.2, 0.25) is 5.02 Å². The molecule has 2 aromatic rings. The number of halogens is 1. The Hall–Kier alpha value is -1.58. The molecule has 0 spiro atoms. The van der Waals surface area contributed by atoms with Gasteiger partial charge in [-0.2, -0.15) is 0 Å². The van der Waals surface area contributed by atoms with Crippen molar-refractivity contribution in [1.82, 2.24) is 9.88 Å². The molecule has 3 rings (SSSR count). The van der Waals surface area contributed by atoms with Crippen LogP contribution in [0.4, 0.5) is 0 Å². The van der Waals surface area contributed by atoms with Gasteiger partial charge in [-0.25, -0.2) is 0 Å². The van der Waals surface area contributed by atoms with E-state index in [4.69, 9.17) is 16.3 Å². The number of benzene rings is 1. The third-order valence-corrected chi connectivity index (χ3v) is 3.83. The maximum absolute atomic E-state index is 6.15. The van der Waals surface area contributed by atoms with Crippen molar-refractivity contribution >= 4 is 11.6 Å². The minimum Gasteiger partial charge on any atom is -0.489 e. The lowest BCUT2D eigenvalue weighted by Gasteiger charge is -2.17. The first-order chi connectivity index (χ1) is 9.81. The lowest BCUT2D eigenvalue weighted by Crippen LogP contribution is -2.25. The van der Waals surface area contributed by atoms with E-state index in [0.717, 1.165) is 42.5 Å². The molecule has 0 bridgehead atoms. The molecule has 1 aliphatic rings. The van der Waals surface area contributed by atoms with Gasteiger partial charge in [0.2, 0.25) is 0 Å². The number of aromatic nitrogens is 1. The van der Waals surface area contributed by atoms with Gasteiger partial charge in [0.15, 0.2) is 0 Å². The standard InChI is InChI=1S/C16H17ClN2O/c17-15-7-4-9-18-16(15)12-19-10-8-14(11-19)20-13-5-2-1-3-6-13/h1-7,9,14H,8,10-12H2/t14-/m1/s1. The zero-order chi connectivity index (χ0) is 13.8. The van der Waals surface area contributed by atoms with E-state index < -0.39 is 0 Å². The number of nitrogens with zero attached hydrogens (tertiary/aromatic N) is 2. The highest BCUT2D eigenvalue weighted by Crippen LogP contribution is 2.21. The van der Waals surface area contributed by atoms with Crippen LogP contribution in [0.5, 0.6) is 5.75 Å². The van der Waals surface area contributed by atoms with Crippen molar-refractivity contribution in [3.8, 4) is 5.75 Å².